The predicted molar refractivity (Wildman–Crippen MR) is 130 cm³/mol. The molecule has 1 aliphatic carbocycles. The highest BCUT2D eigenvalue weighted by molar-refractivity contribution is 5.87. The van der Waals surface area contributed by atoms with E-state index in [1.807, 2.05) is 43.3 Å². The Labute approximate surface area is 205 Å². The number of alkyl carbamates (subject to hydrolysis) is 1. The van der Waals surface area contributed by atoms with Crippen LogP contribution in [0.2, 0.25) is 0 Å². The second-order valence-electron chi connectivity index (χ2n) is 9.31. The summed E-state index contributed by atoms with van der Waals surface area (Å²) in [7, 11) is 0. The smallest absolute Gasteiger partial charge is 0.407 e. The lowest BCUT2D eigenvalue weighted by atomic mass is 9.98. The first-order chi connectivity index (χ1) is 16.8. The molecule has 2 unspecified atom stereocenters. The molecular weight excluding hydrogens is 448 g/mol. The Hall–Kier alpha value is -3.39. The molecule has 35 heavy (non-hydrogen) atoms. The molecule has 0 spiro atoms. The summed E-state index contributed by atoms with van der Waals surface area (Å²) in [5.74, 6) is -1.51. The van der Waals surface area contributed by atoms with Gasteiger partial charge in [0.1, 0.15) is 12.6 Å². The van der Waals surface area contributed by atoms with E-state index in [0.29, 0.717) is 6.42 Å². The molecule has 0 saturated carbocycles. The van der Waals surface area contributed by atoms with Crippen molar-refractivity contribution in [3.63, 3.8) is 0 Å². The second kappa shape index (κ2) is 10.5. The lowest BCUT2D eigenvalue weighted by Crippen LogP contribution is -2.59. The van der Waals surface area contributed by atoms with Gasteiger partial charge in [-0.3, -0.25) is 4.79 Å². The summed E-state index contributed by atoms with van der Waals surface area (Å²) in [4.78, 5) is 39.1. The standard InChI is InChI=1S/C27H32N2O6/c1-3-4-13-23(24(30)29-14-15-35-27(2,17-29)25(31)32)28-26(33)34-16-22-20-11-7-5-9-18(20)19-10-6-8-12-21(19)22/h5-12,22-23H,3-4,13-17H2,1-2H3,(H,28,33)(H,31,32). The van der Waals surface area contributed by atoms with Crippen LogP contribution in [0.1, 0.15) is 50.2 Å². The van der Waals surface area contributed by atoms with Crippen molar-refractivity contribution in [1.82, 2.24) is 10.2 Å². The number of fused-ring (bicyclic) bond motifs is 3. The number of benzene rings is 2. The zero-order valence-corrected chi connectivity index (χ0v) is 20.2. The van der Waals surface area contributed by atoms with Crippen molar-refractivity contribution in [2.75, 3.05) is 26.3 Å². The molecule has 1 saturated heterocycles. The van der Waals surface area contributed by atoms with Crippen molar-refractivity contribution in [1.29, 1.82) is 0 Å². The van der Waals surface area contributed by atoms with E-state index in [-0.39, 0.29) is 38.1 Å². The van der Waals surface area contributed by atoms with Crippen molar-refractivity contribution in [2.24, 2.45) is 0 Å². The second-order valence-corrected chi connectivity index (χ2v) is 9.31. The van der Waals surface area contributed by atoms with Gasteiger partial charge in [0.25, 0.3) is 0 Å². The Kier molecular flexibility index (Phi) is 7.40. The number of rotatable bonds is 8. The van der Waals surface area contributed by atoms with Crippen LogP contribution in [0.4, 0.5) is 4.79 Å². The number of amides is 2. The zero-order chi connectivity index (χ0) is 25.0. The van der Waals surface area contributed by atoms with Crippen LogP contribution in [0.5, 0.6) is 0 Å². The van der Waals surface area contributed by atoms with Crippen LogP contribution in [0.3, 0.4) is 0 Å². The number of carbonyl (C=O) groups is 3. The topological polar surface area (TPSA) is 105 Å². The van der Waals surface area contributed by atoms with Gasteiger partial charge in [0, 0.05) is 12.5 Å². The first kappa shape index (κ1) is 24.7. The van der Waals surface area contributed by atoms with Gasteiger partial charge in [-0.05, 0) is 35.6 Å². The van der Waals surface area contributed by atoms with Gasteiger partial charge >= 0.3 is 12.1 Å². The maximum absolute atomic E-state index is 13.2. The first-order valence-electron chi connectivity index (χ1n) is 12.1. The van der Waals surface area contributed by atoms with Gasteiger partial charge in [0.2, 0.25) is 5.91 Å². The molecule has 2 aromatic carbocycles. The average molecular weight is 481 g/mol. The number of carboxylic acids is 1. The molecule has 2 aliphatic rings. The van der Waals surface area contributed by atoms with Gasteiger partial charge < -0.3 is 24.8 Å². The number of hydrogen-bond donors (Lipinski definition) is 2. The number of morpholine rings is 1. The molecule has 2 amide bonds. The Balaban J connectivity index is 1.42. The quantitative estimate of drug-likeness (QED) is 0.596. The number of unbranched alkanes of at least 4 members (excludes halogenated alkanes) is 1. The maximum Gasteiger partial charge on any atom is 0.407 e. The lowest BCUT2D eigenvalue weighted by Gasteiger charge is -2.39. The Morgan fingerprint density at radius 3 is 2.37 bits per heavy atom. The molecule has 0 bridgehead atoms. The third kappa shape index (κ3) is 5.17. The van der Waals surface area contributed by atoms with E-state index in [4.69, 9.17) is 9.47 Å². The van der Waals surface area contributed by atoms with Crippen molar-refractivity contribution < 1.29 is 29.0 Å². The fraction of sp³-hybridized carbons (Fsp3) is 0.444. The summed E-state index contributed by atoms with van der Waals surface area (Å²) in [6, 6.07) is 15.4. The van der Waals surface area contributed by atoms with E-state index in [1.54, 1.807) is 0 Å². The third-order valence-electron chi connectivity index (χ3n) is 6.82. The maximum atomic E-state index is 13.2. The van der Waals surface area contributed by atoms with Crippen LogP contribution in [0.15, 0.2) is 48.5 Å². The van der Waals surface area contributed by atoms with E-state index in [1.165, 1.54) is 11.8 Å². The number of carbonyl (C=O) groups excluding carboxylic acids is 2. The minimum atomic E-state index is -1.47. The van der Waals surface area contributed by atoms with E-state index in [2.05, 4.69) is 17.4 Å². The van der Waals surface area contributed by atoms with Crippen LogP contribution in [-0.4, -0.2) is 65.9 Å². The van der Waals surface area contributed by atoms with Crippen molar-refractivity contribution in [3.8, 4) is 11.1 Å². The molecule has 1 heterocycles. The summed E-state index contributed by atoms with van der Waals surface area (Å²) in [5, 5.41) is 12.2. The molecule has 2 atom stereocenters. The highest BCUT2D eigenvalue weighted by Crippen LogP contribution is 2.44. The summed E-state index contributed by atoms with van der Waals surface area (Å²) >= 11 is 0. The van der Waals surface area contributed by atoms with Gasteiger partial charge in [-0.2, -0.15) is 0 Å². The molecule has 4 rings (SSSR count). The minimum absolute atomic E-state index is 0.0733. The van der Waals surface area contributed by atoms with Crippen LogP contribution in [-0.2, 0) is 19.1 Å². The molecule has 8 nitrogen and oxygen atoms in total. The minimum Gasteiger partial charge on any atom is -0.479 e. The molecule has 1 aliphatic heterocycles. The summed E-state index contributed by atoms with van der Waals surface area (Å²) < 4.78 is 11.0. The molecule has 1 fully saturated rings. The highest BCUT2D eigenvalue weighted by atomic mass is 16.5. The van der Waals surface area contributed by atoms with Crippen LogP contribution in [0, 0.1) is 0 Å². The van der Waals surface area contributed by atoms with Crippen molar-refractivity contribution in [3.05, 3.63) is 59.7 Å². The van der Waals surface area contributed by atoms with Crippen LogP contribution in [0.25, 0.3) is 11.1 Å². The van der Waals surface area contributed by atoms with E-state index in [9.17, 15) is 19.5 Å². The van der Waals surface area contributed by atoms with Gasteiger partial charge in [-0.15, -0.1) is 0 Å². The van der Waals surface area contributed by atoms with Gasteiger partial charge in [-0.25, -0.2) is 9.59 Å². The number of hydrogen-bond acceptors (Lipinski definition) is 5. The molecule has 0 radical (unpaired) electrons. The SMILES string of the molecule is CCCCC(NC(=O)OCC1c2ccccc2-c2ccccc21)C(=O)N1CCOC(C)(C(=O)O)C1. The Bertz CT molecular complexity index is 1060. The molecule has 8 heteroatoms. The Morgan fingerprint density at radius 2 is 1.77 bits per heavy atom. The summed E-state index contributed by atoms with van der Waals surface area (Å²) in [6.45, 7) is 3.94. The predicted octanol–water partition coefficient (Wildman–Crippen LogP) is 3.79. The summed E-state index contributed by atoms with van der Waals surface area (Å²) in [6.07, 6.45) is 1.38. The molecule has 2 N–H and O–H groups in total. The molecule has 186 valence electrons. The number of aliphatic carboxylic acids is 1. The Morgan fingerprint density at radius 1 is 1.14 bits per heavy atom. The van der Waals surface area contributed by atoms with Crippen molar-refractivity contribution in [2.45, 2.75) is 50.7 Å². The monoisotopic (exact) mass is 480 g/mol. The lowest BCUT2D eigenvalue weighted by molar-refractivity contribution is -0.177. The van der Waals surface area contributed by atoms with E-state index in [0.717, 1.165) is 35.1 Å². The third-order valence-corrected chi connectivity index (χ3v) is 6.82. The molecule has 0 aromatic heterocycles. The number of ether oxygens (including phenoxy) is 2. The highest BCUT2D eigenvalue weighted by Gasteiger charge is 2.42. The molecular formula is C27H32N2O6. The van der Waals surface area contributed by atoms with Crippen LogP contribution < -0.4 is 5.32 Å². The van der Waals surface area contributed by atoms with E-state index < -0.39 is 23.7 Å². The number of carboxylic acid groups (broad SMARTS) is 1. The van der Waals surface area contributed by atoms with Gasteiger partial charge in [0.15, 0.2) is 5.60 Å². The summed E-state index contributed by atoms with van der Waals surface area (Å²) in [5.41, 5.74) is 3.04. The number of nitrogens with one attached hydrogen (secondary N) is 1. The largest absolute Gasteiger partial charge is 0.479 e. The fourth-order valence-corrected chi connectivity index (χ4v) is 4.86. The van der Waals surface area contributed by atoms with E-state index >= 15 is 0 Å². The fourth-order valence-electron chi connectivity index (χ4n) is 4.86. The normalized spacial score (nSPS) is 20.0. The van der Waals surface area contributed by atoms with Crippen molar-refractivity contribution >= 4 is 18.0 Å². The first-order valence-corrected chi connectivity index (χ1v) is 12.1. The molecule has 2 aromatic rings. The van der Waals surface area contributed by atoms with Crippen LogP contribution >= 0.6 is 0 Å². The number of nitrogens with zero attached hydrogens (tertiary/aromatic N) is 1. The average Bonchev–Trinajstić information content (AvgIpc) is 3.18. The van der Waals surface area contributed by atoms with Gasteiger partial charge in [-0.1, -0.05) is 68.3 Å². The zero-order valence-electron chi connectivity index (χ0n) is 20.2. The van der Waals surface area contributed by atoms with Gasteiger partial charge in [0.05, 0.1) is 13.2 Å².